The first kappa shape index (κ1) is 22.6. The number of hydrogen-bond acceptors (Lipinski definition) is 6. The van der Waals surface area contributed by atoms with Gasteiger partial charge in [0.15, 0.2) is 4.77 Å². The predicted molar refractivity (Wildman–Crippen MR) is 126 cm³/mol. The Bertz CT molecular complexity index is 917. The molecule has 2 aliphatic heterocycles. The van der Waals surface area contributed by atoms with E-state index in [1.54, 1.807) is 0 Å². The molecule has 1 aromatic carbocycles. The van der Waals surface area contributed by atoms with Crippen LogP contribution in [0.4, 0.5) is 0 Å². The van der Waals surface area contributed by atoms with E-state index in [1.165, 1.54) is 11.1 Å². The highest BCUT2D eigenvalue weighted by molar-refractivity contribution is 7.71. The molecule has 1 saturated heterocycles. The Morgan fingerprint density at radius 3 is 2.52 bits per heavy atom. The Hall–Kier alpha value is -1.58. The third kappa shape index (κ3) is 5.26. The molecule has 8 heteroatoms. The zero-order valence-corrected chi connectivity index (χ0v) is 20.0. The van der Waals surface area contributed by atoms with Crippen molar-refractivity contribution in [1.82, 2.24) is 29.0 Å². The topological polar surface area (TPSA) is 41.7 Å². The van der Waals surface area contributed by atoms with E-state index < -0.39 is 0 Å². The van der Waals surface area contributed by atoms with Crippen LogP contribution in [-0.2, 0) is 30.9 Å². The molecule has 31 heavy (non-hydrogen) atoms. The van der Waals surface area contributed by atoms with E-state index in [2.05, 4.69) is 64.6 Å². The number of morpholine rings is 1. The highest BCUT2D eigenvalue weighted by Gasteiger charge is 2.24. The summed E-state index contributed by atoms with van der Waals surface area (Å²) in [5.74, 6) is 1.09. The molecule has 4 rings (SSSR count). The molecule has 2 aliphatic rings. The SMILES string of the molecule is CC[C@@H](c1nn(CN2CCc3ccccc3C2)c(=S)n1CCN1CCOCC1)N(C)C. The van der Waals surface area contributed by atoms with Crippen molar-refractivity contribution in [3.63, 3.8) is 0 Å². The quantitative estimate of drug-likeness (QED) is 0.584. The zero-order chi connectivity index (χ0) is 21.8. The van der Waals surface area contributed by atoms with Crippen molar-refractivity contribution in [1.29, 1.82) is 0 Å². The monoisotopic (exact) mass is 444 g/mol. The molecular weight excluding hydrogens is 408 g/mol. The van der Waals surface area contributed by atoms with Crippen LogP contribution in [0.1, 0.15) is 36.3 Å². The highest BCUT2D eigenvalue weighted by Crippen LogP contribution is 2.23. The molecule has 0 N–H and O–H groups in total. The van der Waals surface area contributed by atoms with Crippen molar-refractivity contribution in [3.8, 4) is 0 Å². The molecule has 0 spiro atoms. The third-order valence-corrected chi connectivity index (χ3v) is 6.98. The molecule has 1 fully saturated rings. The van der Waals surface area contributed by atoms with Crippen LogP contribution in [0.25, 0.3) is 0 Å². The van der Waals surface area contributed by atoms with Crippen LogP contribution in [0, 0.1) is 4.77 Å². The fraction of sp³-hybridized carbons (Fsp3) is 0.652. The largest absolute Gasteiger partial charge is 0.379 e. The molecule has 0 bridgehead atoms. The standard InChI is InChI=1S/C23H36N6OS/c1-4-21(25(2)3)22-24-29(18-27-10-9-19-7-5-6-8-20(19)17-27)23(31)28(22)12-11-26-13-15-30-16-14-26/h5-8,21H,4,9-18H2,1-3H3/t21-/m0/s1. The van der Waals surface area contributed by atoms with Crippen LogP contribution in [-0.4, -0.2) is 82.5 Å². The van der Waals surface area contributed by atoms with Crippen molar-refractivity contribution >= 4 is 12.2 Å². The summed E-state index contributed by atoms with van der Waals surface area (Å²) in [6, 6.07) is 9.02. The third-order valence-electron chi connectivity index (χ3n) is 6.55. The normalized spacial score (nSPS) is 19.0. The smallest absolute Gasteiger partial charge is 0.199 e. The first-order valence-electron chi connectivity index (χ1n) is 11.5. The molecule has 0 unspecified atom stereocenters. The number of benzene rings is 1. The maximum absolute atomic E-state index is 5.95. The Kier molecular flexibility index (Phi) is 7.55. The summed E-state index contributed by atoms with van der Waals surface area (Å²) in [5.41, 5.74) is 2.89. The van der Waals surface area contributed by atoms with Crippen molar-refractivity contribution in [3.05, 3.63) is 46.0 Å². The van der Waals surface area contributed by atoms with Gasteiger partial charge in [-0.15, -0.1) is 0 Å². The van der Waals surface area contributed by atoms with E-state index in [1.807, 2.05) is 4.68 Å². The zero-order valence-electron chi connectivity index (χ0n) is 19.2. The minimum Gasteiger partial charge on any atom is -0.379 e. The molecule has 0 saturated carbocycles. The van der Waals surface area contributed by atoms with Gasteiger partial charge in [0.1, 0.15) is 5.82 Å². The Labute approximate surface area is 191 Å². The first-order valence-corrected chi connectivity index (χ1v) is 11.9. The number of hydrogen-bond donors (Lipinski definition) is 0. The second kappa shape index (κ2) is 10.4. The lowest BCUT2D eigenvalue weighted by atomic mass is 10.0. The van der Waals surface area contributed by atoms with Gasteiger partial charge in [-0.2, -0.15) is 5.10 Å². The molecule has 7 nitrogen and oxygen atoms in total. The Morgan fingerprint density at radius 1 is 1.06 bits per heavy atom. The molecular formula is C23H36N6OS. The Balaban J connectivity index is 1.54. The van der Waals surface area contributed by atoms with E-state index in [0.29, 0.717) is 0 Å². The van der Waals surface area contributed by atoms with Crippen LogP contribution in [0.5, 0.6) is 0 Å². The molecule has 0 radical (unpaired) electrons. The van der Waals surface area contributed by atoms with Crippen molar-refractivity contribution in [2.45, 2.75) is 45.6 Å². The molecule has 1 atom stereocenters. The van der Waals surface area contributed by atoms with Gasteiger partial charge in [-0.25, -0.2) is 4.68 Å². The van der Waals surface area contributed by atoms with Gasteiger partial charge in [-0.05, 0) is 50.3 Å². The average Bonchev–Trinajstić information content (AvgIpc) is 3.08. The summed E-state index contributed by atoms with van der Waals surface area (Å²) >= 11 is 5.95. The molecule has 3 heterocycles. The molecule has 1 aromatic heterocycles. The van der Waals surface area contributed by atoms with E-state index in [0.717, 1.165) is 82.6 Å². The van der Waals surface area contributed by atoms with Gasteiger partial charge in [0, 0.05) is 39.3 Å². The van der Waals surface area contributed by atoms with Crippen molar-refractivity contribution in [2.24, 2.45) is 0 Å². The lowest BCUT2D eigenvalue weighted by molar-refractivity contribution is 0.0361. The van der Waals surface area contributed by atoms with Gasteiger partial charge in [-0.3, -0.25) is 14.7 Å². The average molecular weight is 445 g/mol. The van der Waals surface area contributed by atoms with Gasteiger partial charge < -0.3 is 9.30 Å². The minimum absolute atomic E-state index is 0.259. The summed E-state index contributed by atoms with van der Waals surface area (Å²) in [5, 5.41) is 5.06. The van der Waals surface area contributed by atoms with Gasteiger partial charge in [0.25, 0.3) is 0 Å². The van der Waals surface area contributed by atoms with Crippen LogP contribution >= 0.6 is 12.2 Å². The first-order chi connectivity index (χ1) is 15.1. The number of rotatable bonds is 8. The molecule has 2 aromatic rings. The maximum atomic E-state index is 5.95. The van der Waals surface area contributed by atoms with Crippen LogP contribution < -0.4 is 0 Å². The van der Waals surface area contributed by atoms with Crippen molar-refractivity contribution in [2.75, 3.05) is 53.5 Å². The maximum Gasteiger partial charge on any atom is 0.199 e. The summed E-state index contributed by atoms with van der Waals surface area (Å²) in [7, 11) is 4.26. The summed E-state index contributed by atoms with van der Waals surface area (Å²) in [6.07, 6.45) is 2.09. The van der Waals surface area contributed by atoms with Gasteiger partial charge in [0.2, 0.25) is 0 Å². The lowest BCUT2D eigenvalue weighted by Crippen LogP contribution is -2.38. The van der Waals surface area contributed by atoms with E-state index in [4.69, 9.17) is 22.1 Å². The lowest BCUT2D eigenvalue weighted by Gasteiger charge is -2.28. The van der Waals surface area contributed by atoms with Crippen molar-refractivity contribution < 1.29 is 4.74 Å². The predicted octanol–water partition coefficient (Wildman–Crippen LogP) is 2.77. The van der Waals surface area contributed by atoms with Gasteiger partial charge in [0.05, 0.1) is 25.9 Å². The van der Waals surface area contributed by atoms with E-state index in [-0.39, 0.29) is 6.04 Å². The number of nitrogens with zero attached hydrogens (tertiary/aromatic N) is 6. The fourth-order valence-corrected chi connectivity index (χ4v) is 5.00. The number of fused-ring (bicyclic) bond motifs is 1. The van der Waals surface area contributed by atoms with Gasteiger partial charge >= 0.3 is 0 Å². The summed E-state index contributed by atoms with van der Waals surface area (Å²) in [6.45, 7) is 10.5. The molecule has 0 aliphatic carbocycles. The van der Waals surface area contributed by atoms with Gasteiger partial charge in [-0.1, -0.05) is 31.2 Å². The Morgan fingerprint density at radius 2 is 1.81 bits per heavy atom. The molecule has 0 amide bonds. The second-order valence-electron chi connectivity index (χ2n) is 8.85. The van der Waals surface area contributed by atoms with Crippen LogP contribution in [0.2, 0.25) is 0 Å². The molecule has 170 valence electrons. The van der Waals surface area contributed by atoms with Crippen LogP contribution in [0.15, 0.2) is 24.3 Å². The highest BCUT2D eigenvalue weighted by atomic mass is 32.1. The second-order valence-corrected chi connectivity index (χ2v) is 9.21. The van der Waals surface area contributed by atoms with Crippen LogP contribution in [0.3, 0.4) is 0 Å². The summed E-state index contributed by atoms with van der Waals surface area (Å²) in [4.78, 5) is 7.17. The number of ether oxygens (including phenoxy) is 1. The summed E-state index contributed by atoms with van der Waals surface area (Å²) < 4.78 is 10.7. The van der Waals surface area contributed by atoms with E-state index in [9.17, 15) is 0 Å². The fourth-order valence-electron chi connectivity index (χ4n) is 4.72. The van der Waals surface area contributed by atoms with E-state index >= 15 is 0 Å². The minimum atomic E-state index is 0.259. The number of aromatic nitrogens is 3.